The van der Waals surface area contributed by atoms with Crippen molar-refractivity contribution in [3.05, 3.63) is 22.4 Å². The van der Waals surface area contributed by atoms with Gasteiger partial charge in [0.25, 0.3) is 0 Å². The molecule has 1 aromatic rings. The van der Waals surface area contributed by atoms with Crippen molar-refractivity contribution < 1.29 is 14.7 Å². The Morgan fingerprint density at radius 1 is 1.56 bits per heavy atom. The average molecular weight is 267 g/mol. The zero-order valence-corrected chi connectivity index (χ0v) is 11.2. The zero-order valence-electron chi connectivity index (χ0n) is 10.3. The highest BCUT2D eigenvalue weighted by atomic mass is 32.1. The predicted octanol–water partition coefficient (Wildman–Crippen LogP) is 1.86. The van der Waals surface area contributed by atoms with Crippen LogP contribution in [0.3, 0.4) is 0 Å². The Morgan fingerprint density at radius 2 is 2.33 bits per heavy atom. The van der Waals surface area contributed by atoms with Crippen molar-refractivity contribution in [2.24, 2.45) is 11.8 Å². The highest BCUT2D eigenvalue weighted by Gasteiger charge is 2.32. The van der Waals surface area contributed by atoms with Crippen molar-refractivity contribution in [2.75, 3.05) is 13.1 Å². The topological polar surface area (TPSA) is 57.6 Å². The smallest absolute Gasteiger partial charge is 0.306 e. The molecule has 1 N–H and O–H groups in total. The van der Waals surface area contributed by atoms with Gasteiger partial charge in [0.15, 0.2) is 0 Å². The number of nitrogens with zero attached hydrogens (tertiary/aromatic N) is 1. The standard InChI is InChI=1S/C13H17NO3S/c1-9-7-14(4-2-11(9)13(16)17)12(15)6-10-3-5-18-8-10/h3,5,8-9,11H,2,4,6-7H2,1H3,(H,16,17). The van der Waals surface area contributed by atoms with E-state index in [1.165, 1.54) is 0 Å². The highest BCUT2D eigenvalue weighted by molar-refractivity contribution is 7.07. The van der Waals surface area contributed by atoms with Crippen LogP contribution in [-0.2, 0) is 16.0 Å². The Bertz CT molecular complexity index is 429. The third-order valence-electron chi connectivity index (χ3n) is 3.51. The second kappa shape index (κ2) is 5.52. The fraction of sp³-hybridized carbons (Fsp3) is 0.538. The number of hydrogen-bond donors (Lipinski definition) is 1. The van der Waals surface area contributed by atoms with Gasteiger partial charge in [-0.25, -0.2) is 0 Å². The molecule has 1 amide bonds. The number of rotatable bonds is 3. The van der Waals surface area contributed by atoms with Crippen LogP contribution >= 0.6 is 11.3 Å². The van der Waals surface area contributed by atoms with E-state index in [1.807, 2.05) is 23.8 Å². The predicted molar refractivity (Wildman–Crippen MR) is 69.5 cm³/mol. The quantitative estimate of drug-likeness (QED) is 0.909. The summed E-state index contributed by atoms with van der Waals surface area (Å²) in [6, 6.07) is 1.95. The number of carboxylic acid groups (broad SMARTS) is 1. The van der Waals surface area contributed by atoms with Crippen LogP contribution in [0.2, 0.25) is 0 Å². The molecule has 5 heteroatoms. The summed E-state index contributed by atoms with van der Waals surface area (Å²) in [6.45, 7) is 3.02. The van der Waals surface area contributed by atoms with E-state index in [4.69, 9.17) is 5.11 Å². The van der Waals surface area contributed by atoms with Gasteiger partial charge in [-0.3, -0.25) is 9.59 Å². The van der Waals surface area contributed by atoms with Gasteiger partial charge in [0.2, 0.25) is 5.91 Å². The highest BCUT2D eigenvalue weighted by Crippen LogP contribution is 2.24. The molecule has 1 aliphatic heterocycles. The fourth-order valence-corrected chi connectivity index (χ4v) is 3.09. The van der Waals surface area contributed by atoms with Crippen molar-refractivity contribution in [3.63, 3.8) is 0 Å². The molecule has 0 radical (unpaired) electrons. The second-order valence-electron chi connectivity index (χ2n) is 4.86. The monoisotopic (exact) mass is 267 g/mol. The van der Waals surface area contributed by atoms with Crippen LogP contribution < -0.4 is 0 Å². The van der Waals surface area contributed by atoms with Gasteiger partial charge in [-0.1, -0.05) is 6.92 Å². The summed E-state index contributed by atoms with van der Waals surface area (Å²) in [6.07, 6.45) is 0.986. The van der Waals surface area contributed by atoms with Crippen molar-refractivity contribution >= 4 is 23.2 Å². The molecule has 1 aliphatic rings. The summed E-state index contributed by atoms with van der Waals surface area (Å²) in [4.78, 5) is 24.9. The fourth-order valence-electron chi connectivity index (χ4n) is 2.42. The third-order valence-corrected chi connectivity index (χ3v) is 4.24. The number of aliphatic carboxylic acids is 1. The number of carbonyl (C=O) groups is 2. The minimum atomic E-state index is -0.743. The number of carbonyl (C=O) groups excluding carboxylic acids is 1. The summed E-state index contributed by atoms with van der Waals surface area (Å²) in [5.74, 6) is -0.922. The molecule has 1 saturated heterocycles. The van der Waals surface area contributed by atoms with E-state index in [0.29, 0.717) is 25.9 Å². The molecular weight excluding hydrogens is 250 g/mol. The minimum absolute atomic E-state index is 0.0303. The summed E-state index contributed by atoms with van der Waals surface area (Å²) >= 11 is 1.58. The van der Waals surface area contributed by atoms with Crippen LogP contribution in [-0.4, -0.2) is 35.0 Å². The van der Waals surface area contributed by atoms with Crippen LogP contribution in [0.1, 0.15) is 18.9 Å². The van der Waals surface area contributed by atoms with Gasteiger partial charge >= 0.3 is 5.97 Å². The van der Waals surface area contributed by atoms with Gasteiger partial charge < -0.3 is 10.0 Å². The molecule has 0 aromatic carbocycles. The first kappa shape index (κ1) is 13.1. The summed E-state index contributed by atoms with van der Waals surface area (Å²) in [5.41, 5.74) is 1.04. The van der Waals surface area contributed by atoms with Crippen molar-refractivity contribution in [2.45, 2.75) is 19.8 Å². The molecule has 0 spiro atoms. The van der Waals surface area contributed by atoms with Crippen LogP contribution in [0.4, 0.5) is 0 Å². The lowest BCUT2D eigenvalue weighted by atomic mass is 9.87. The molecule has 0 aliphatic carbocycles. The number of hydrogen-bond acceptors (Lipinski definition) is 3. The maximum atomic E-state index is 12.1. The van der Waals surface area contributed by atoms with Gasteiger partial charge in [-0.2, -0.15) is 11.3 Å². The van der Waals surface area contributed by atoms with E-state index < -0.39 is 5.97 Å². The molecule has 98 valence electrons. The SMILES string of the molecule is CC1CN(C(=O)Cc2ccsc2)CCC1C(=O)O. The molecule has 2 rings (SSSR count). The lowest BCUT2D eigenvalue weighted by Gasteiger charge is -2.35. The zero-order chi connectivity index (χ0) is 13.1. The Kier molecular flexibility index (Phi) is 4.01. The van der Waals surface area contributed by atoms with Gasteiger partial charge in [-0.15, -0.1) is 0 Å². The normalized spacial score (nSPS) is 23.9. The van der Waals surface area contributed by atoms with E-state index in [9.17, 15) is 9.59 Å². The molecule has 2 unspecified atom stereocenters. The first-order valence-corrected chi connectivity index (χ1v) is 7.04. The maximum Gasteiger partial charge on any atom is 0.306 e. The largest absolute Gasteiger partial charge is 0.481 e. The molecule has 1 fully saturated rings. The van der Waals surface area contributed by atoms with E-state index in [0.717, 1.165) is 5.56 Å². The number of piperidine rings is 1. The Hall–Kier alpha value is -1.36. The number of thiophene rings is 1. The van der Waals surface area contributed by atoms with Crippen LogP contribution in [0.5, 0.6) is 0 Å². The van der Waals surface area contributed by atoms with Crippen LogP contribution in [0.25, 0.3) is 0 Å². The Balaban J connectivity index is 1.92. The van der Waals surface area contributed by atoms with Crippen molar-refractivity contribution in [1.82, 2.24) is 4.90 Å². The molecule has 0 bridgehead atoms. The van der Waals surface area contributed by atoms with Gasteiger partial charge in [0.05, 0.1) is 12.3 Å². The van der Waals surface area contributed by atoms with Crippen LogP contribution in [0, 0.1) is 11.8 Å². The van der Waals surface area contributed by atoms with E-state index in [2.05, 4.69) is 0 Å². The lowest BCUT2D eigenvalue weighted by molar-refractivity contribution is -0.148. The molecule has 2 atom stereocenters. The molecule has 2 heterocycles. The molecular formula is C13H17NO3S. The van der Waals surface area contributed by atoms with E-state index >= 15 is 0 Å². The Morgan fingerprint density at radius 3 is 2.89 bits per heavy atom. The van der Waals surface area contributed by atoms with Gasteiger partial charge in [0, 0.05) is 13.1 Å². The first-order chi connectivity index (χ1) is 8.58. The van der Waals surface area contributed by atoms with Crippen LogP contribution in [0.15, 0.2) is 16.8 Å². The average Bonchev–Trinajstić information content (AvgIpc) is 2.81. The van der Waals surface area contributed by atoms with Gasteiger partial charge in [0.1, 0.15) is 0 Å². The molecule has 4 nitrogen and oxygen atoms in total. The van der Waals surface area contributed by atoms with Crippen molar-refractivity contribution in [3.8, 4) is 0 Å². The summed E-state index contributed by atoms with van der Waals surface area (Å²) in [7, 11) is 0. The molecule has 0 saturated carbocycles. The lowest BCUT2D eigenvalue weighted by Crippen LogP contribution is -2.45. The number of likely N-dealkylation sites (tertiary alicyclic amines) is 1. The number of carboxylic acids is 1. The minimum Gasteiger partial charge on any atom is -0.481 e. The van der Waals surface area contributed by atoms with Crippen molar-refractivity contribution in [1.29, 1.82) is 0 Å². The summed E-state index contributed by atoms with van der Waals surface area (Å²) in [5, 5.41) is 13.0. The maximum absolute atomic E-state index is 12.1. The third kappa shape index (κ3) is 2.90. The van der Waals surface area contributed by atoms with Gasteiger partial charge in [-0.05, 0) is 34.7 Å². The Labute approximate surface area is 110 Å². The summed E-state index contributed by atoms with van der Waals surface area (Å²) < 4.78 is 0. The molecule has 18 heavy (non-hydrogen) atoms. The molecule has 1 aromatic heterocycles. The van der Waals surface area contributed by atoms with E-state index in [-0.39, 0.29) is 17.7 Å². The van der Waals surface area contributed by atoms with E-state index in [1.54, 1.807) is 16.2 Å². The second-order valence-corrected chi connectivity index (χ2v) is 5.64. The first-order valence-electron chi connectivity index (χ1n) is 6.09. The number of amides is 1.